The predicted octanol–water partition coefficient (Wildman–Crippen LogP) is 5.36. The van der Waals surface area contributed by atoms with Crippen LogP contribution in [0.2, 0.25) is 0 Å². The van der Waals surface area contributed by atoms with E-state index in [1.54, 1.807) is 18.2 Å². The van der Waals surface area contributed by atoms with Gasteiger partial charge >= 0.3 is 0 Å². The van der Waals surface area contributed by atoms with Crippen LogP contribution in [0, 0.1) is 0 Å². The van der Waals surface area contributed by atoms with Gasteiger partial charge in [0.25, 0.3) is 0 Å². The van der Waals surface area contributed by atoms with Crippen molar-refractivity contribution in [3.63, 3.8) is 0 Å². The van der Waals surface area contributed by atoms with Gasteiger partial charge in [0.2, 0.25) is 5.91 Å². The highest BCUT2D eigenvalue weighted by molar-refractivity contribution is 9.10. The first-order valence-corrected chi connectivity index (χ1v) is 7.90. The van der Waals surface area contributed by atoms with E-state index in [0.29, 0.717) is 10.4 Å². The third-order valence-electron chi connectivity index (χ3n) is 3.26. The van der Waals surface area contributed by atoms with Crippen LogP contribution in [0.15, 0.2) is 81.9 Å². The summed E-state index contributed by atoms with van der Waals surface area (Å²) in [7, 11) is 0. The quantitative estimate of drug-likeness (QED) is 0.630. The lowest BCUT2D eigenvalue weighted by Crippen LogP contribution is -2.08. The summed E-state index contributed by atoms with van der Waals surface area (Å²) < 4.78 is 5.96. The molecule has 0 bridgehead atoms. The minimum Gasteiger partial charge on any atom is -0.450 e. The van der Waals surface area contributed by atoms with Crippen molar-refractivity contribution in [3.8, 4) is 11.1 Å². The summed E-state index contributed by atoms with van der Waals surface area (Å²) in [4.78, 5) is 12.1. The second-order valence-corrected chi connectivity index (χ2v) is 5.66. The molecule has 0 saturated carbocycles. The van der Waals surface area contributed by atoms with Crippen LogP contribution in [-0.4, -0.2) is 5.91 Å². The van der Waals surface area contributed by atoms with E-state index in [0.717, 1.165) is 16.8 Å². The highest BCUT2D eigenvalue weighted by Gasteiger charge is 2.06. The highest BCUT2D eigenvalue weighted by Crippen LogP contribution is 2.27. The van der Waals surface area contributed by atoms with Gasteiger partial charge in [-0.2, -0.15) is 0 Å². The fourth-order valence-electron chi connectivity index (χ4n) is 2.21. The predicted molar refractivity (Wildman–Crippen MR) is 95.9 cm³/mol. The Labute approximate surface area is 142 Å². The third kappa shape index (κ3) is 3.99. The number of carbonyl (C=O) groups excluding carboxylic acids is 1. The van der Waals surface area contributed by atoms with Crippen molar-refractivity contribution in [2.75, 3.05) is 5.32 Å². The molecule has 2 aromatic carbocycles. The number of hydrogen-bond acceptors (Lipinski definition) is 2. The van der Waals surface area contributed by atoms with Gasteiger partial charge in [-0.15, -0.1) is 0 Å². The number of furan rings is 1. The van der Waals surface area contributed by atoms with Gasteiger partial charge in [0, 0.05) is 17.3 Å². The van der Waals surface area contributed by atoms with Crippen molar-refractivity contribution in [2.24, 2.45) is 0 Å². The average molecular weight is 368 g/mol. The summed E-state index contributed by atoms with van der Waals surface area (Å²) >= 11 is 3.23. The van der Waals surface area contributed by atoms with Crippen LogP contribution in [0.5, 0.6) is 0 Å². The molecule has 0 unspecified atom stereocenters. The van der Waals surface area contributed by atoms with Crippen molar-refractivity contribution < 1.29 is 9.21 Å². The molecule has 1 amide bonds. The Morgan fingerprint density at radius 1 is 0.957 bits per heavy atom. The zero-order valence-electron chi connectivity index (χ0n) is 12.2. The molecule has 1 heterocycles. The zero-order valence-corrected chi connectivity index (χ0v) is 13.8. The SMILES string of the molecule is O=C(/C=C/c1ccc(Br)o1)Nc1ccccc1-c1ccccc1. The molecule has 0 fully saturated rings. The summed E-state index contributed by atoms with van der Waals surface area (Å²) in [5, 5.41) is 2.91. The van der Waals surface area contributed by atoms with E-state index in [2.05, 4.69) is 21.2 Å². The van der Waals surface area contributed by atoms with Gasteiger partial charge in [0.1, 0.15) is 5.76 Å². The summed E-state index contributed by atoms with van der Waals surface area (Å²) in [6.07, 6.45) is 3.08. The van der Waals surface area contributed by atoms with E-state index in [1.807, 2.05) is 54.6 Å². The Morgan fingerprint density at radius 2 is 1.70 bits per heavy atom. The fourth-order valence-corrected chi connectivity index (χ4v) is 2.53. The lowest BCUT2D eigenvalue weighted by atomic mass is 10.0. The number of hydrogen-bond donors (Lipinski definition) is 1. The number of nitrogens with one attached hydrogen (secondary N) is 1. The Balaban J connectivity index is 1.78. The first-order valence-electron chi connectivity index (χ1n) is 7.11. The van der Waals surface area contributed by atoms with Crippen molar-refractivity contribution in [1.29, 1.82) is 0 Å². The summed E-state index contributed by atoms with van der Waals surface area (Å²) in [5.41, 5.74) is 2.81. The maximum Gasteiger partial charge on any atom is 0.248 e. The maximum atomic E-state index is 12.1. The van der Waals surface area contributed by atoms with E-state index >= 15 is 0 Å². The average Bonchev–Trinajstić information content (AvgIpc) is 3.00. The lowest BCUT2D eigenvalue weighted by molar-refractivity contribution is -0.111. The number of para-hydroxylation sites is 1. The molecule has 1 N–H and O–H groups in total. The molecule has 3 nitrogen and oxygen atoms in total. The van der Waals surface area contributed by atoms with Crippen LogP contribution >= 0.6 is 15.9 Å². The molecule has 1 aromatic heterocycles. The van der Waals surface area contributed by atoms with Gasteiger partial charge in [0.15, 0.2) is 4.67 Å². The molecule has 114 valence electrons. The molecule has 0 radical (unpaired) electrons. The number of carbonyl (C=O) groups is 1. The monoisotopic (exact) mass is 367 g/mol. The van der Waals surface area contributed by atoms with Crippen molar-refractivity contribution in [1.82, 2.24) is 0 Å². The van der Waals surface area contributed by atoms with E-state index < -0.39 is 0 Å². The van der Waals surface area contributed by atoms with Crippen molar-refractivity contribution in [3.05, 3.63) is 83.2 Å². The zero-order chi connectivity index (χ0) is 16.1. The van der Waals surface area contributed by atoms with E-state index in [4.69, 9.17) is 4.42 Å². The number of rotatable bonds is 4. The number of halogens is 1. The molecule has 0 aliphatic carbocycles. The lowest BCUT2D eigenvalue weighted by Gasteiger charge is -2.09. The fraction of sp³-hybridized carbons (Fsp3) is 0. The van der Waals surface area contributed by atoms with Crippen LogP contribution < -0.4 is 5.32 Å². The van der Waals surface area contributed by atoms with E-state index in [9.17, 15) is 4.79 Å². The molecule has 0 atom stereocenters. The number of amides is 1. The smallest absolute Gasteiger partial charge is 0.248 e. The topological polar surface area (TPSA) is 42.2 Å². The van der Waals surface area contributed by atoms with Crippen LogP contribution in [0.3, 0.4) is 0 Å². The van der Waals surface area contributed by atoms with Gasteiger partial charge in [0.05, 0.1) is 0 Å². The summed E-state index contributed by atoms with van der Waals surface area (Å²) in [6.45, 7) is 0. The molecule has 4 heteroatoms. The van der Waals surface area contributed by atoms with Gasteiger partial charge in [-0.05, 0) is 45.8 Å². The molecule has 0 spiro atoms. The van der Waals surface area contributed by atoms with Gasteiger partial charge in [-0.3, -0.25) is 4.79 Å². The molecular formula is C19H14BrNO2. The van der Waals surface area contributed by atoms with Gasteiger partial charge in [-0.1, -0.05) is 48.5 Å². The van der Waals surface area contributed by atoms with Crippen molar-refractivity contribution >= 4 is 33.6 Å². The Bertz CT molecular complexity index is 837. The maximum absolute atomic E-state index is 12.1. The minimum absolute atomic E-state index is 0.207. The van der Waals surface area contributed by atoms with Crippen LogP contribution in [0.1, 0.15) is 5.76 Å². The minimum atomic E-state index is -0.207. The molecule has 3 aromatic rings. The molecule has 23 heavy (non-hydrogen) atoms. The van der Waals surface area contributed by atoms with E-state index in [-0.39, 0.29) is 5.91 Å². The largest absolute Gasteiger partial charge is 0.450 e. The molecular weight excluding hydrogens is 354 g/mol. The molecule has 3 rings (SSSR count). The Kier molecular flexibility index (Phi) is 4.74. The summed E-state index contributed by atoms with van der Waals surface area (Å²) in [5.74, 6) is 0.407. The second kappa shape index (κ2) is 7.11. The van der Waals surface area contributed by atoms with Crippen LogP contribution in [0.4, 0.5) is 5.69 Å². The molecule has 0 aliphatic heterocycles. The third-order valence-corrected chi connectivity index (χ3v) is 3.69. The van der Waals surface area contributed by atoms with Gasteiger partial charge < -0.3 is 9.73 Å². The first kappa shape index (κ1) is 15.3. The second-order valence-electron chi connectivity index (χ2n) is 4.88. The number of anilines is 1. The number of benzene rings is 2. The van der Waals surface area contributed by atoms with Crippen LogP contribution in [-0.2, 0) is 4.79 Å². The van der Waals surface area contributed by atoms with Crippen LogP contribution in [0.25, 0.3) is 17.2 Å². The first-order chi connectivity index (χ1) is 11.2. The van der Waals surface area contributed by atoms with Gasteiger partial charge in [-0.25, -0.2) is 0 Å². The normalized spacial score (nSPS) is 10.8. The molecule has 0 aliphatic rings. The summed E-state index contributed by atoms with van der Waals surface area (Å²) in [6, 6.07) is 21.2. The van der Waals surface area contributed by atoms with Crippen molar-refractivity contribution in [2.45, 2.75) is 0 Å². The Morgan fingerprint density at radius 3 is 2.43 bits per heavy atom. The highest BCUT2D eigenvalue weighted by atomic mass is 79.9. The Hall–Kier alpha value is -2.59. The standard InChI is InChI=1S/C19H14BrNO2/c20-18-12-10-15(23-18)11-13-19(22)21-17-9-5-4-8-16(17)14-6-2-1-3-7-14/h1-13H,(H,21,22)/b13-11+. The van der Waals surface area contributed by atoms with E-state index in [1.165, 1.54) is 6.08 Å². The molecule has 0 saturated heterocycles.